The second kappa shape index (κ2) is 3.11. The molecule has 1 aromatic rings. The van der Waals surface area contributed by atoms with Crippen LogP contribution in [-0.4, -0.2) is 18.2 Å². The maximum Gasteiger partial charge on any atom is 0.137 e. The van der Waals surface area contributed by atoms with Crippen LogP contribution in [0.15, 0.2) is 18.3 Å². The lowest BCUT2D eigenvalue weighted by Gasteiger charge is -2.01. The Morgan fingerprint density at radius 3 is 3.00 bits per heavy atom. The van der Waals surface area contributed by atoms with E-state index in [4.69, 9.17) is 9.47 Å². The van der Waals surface area contributed by atoms with E-state index in [1.165, 1.54) is 0 Å². The van der Waals surface area contributed by atoms with Gasteiger partial charge in [-0.2, -0.15) is 0 Å². The van der Waals surface area contributed by atoms with Crippen LogP contribution >= 0.6 is 0 Å². The smallest absolute Gasteiger partial charge is 0.137 e. The molecular weight excluding hydrogens is 154 g/mol. The molecule has 64 valence electrons. The number of ether oxygens (including phenoxy) is 2. The van der Waals surface area contributed by atoms with E-state index in [9.17, 15) is 0 Å². The summed E-state index contributed by atoms with van der Waals surface area (Å²) >= 11 is 0. The highest BCUT2D eigenvalue weighted by Gasteiger charge is 2.25. The normalized spacial score (nSPS) is 20.6. The SMILES string of the molecule is CCOc1ccc(C2CO2)nc1. The maximum atomic E-state index is 5.26. The summed E-state index contributed by atoms with van der Waals surface area (Å²) in [5.74, 6) is 0.821. The van der Waals surface area contributed by atoms with Crippen LogP contribution in [0.5, 0.6) is 5.75 Å². The monoisotopic (exact) mass is 165 g/mol. The molecule has 0 aromatic carbocycles. The molecule has 1 fully saturated rings. The van der Waals surface area contributed by atoms with Gasteiger partial charge in [-0.15, -0.1) is 0 Å². The van der Waals surface area contributed by atoms with Crippen LogP contribution in [-0.2, 0) is 4.74 Å². The van der Waals surface area contributed by atoms with Crippen molar-refractivity contribution < 1.29 is 9.47 Å². The van der Waals surface area contributed by atoms with Crippen molar-refractivity contribution in [3.63, 3.8) is 0 Å². The van der Waals surface area contributed by atoms with Crippen LogP contribution in [0.1, 0.15) is 18.7 Å². The van der Waals surface area contributed by atoms with E-state index in [1.807, 2.05) is 19.1 Å². The number of pyridine rings is 1. The van der Waals surface area contributed by atoms with Gasteiger partial charge in [-0.05, 0) is 19.1 Å². The Kier molecular flexibility index (Phi) is 1.96. The third-order valence-electron chi connectivity index (χ3n) is 1.73. The van der Waals surface area contributed by atoms with Gasteiger partial charge in [0.1, 0.15) is 11.9 Å². The van der Waals surface area contributed by atoms with Crippen LogP contribution in [0, 0.1) is 0 Å². The first-order valence-electron chi connectivity index (χ1n) is 4.10. The largest absolute Gasteiger partial charge is 0.492 e. The molecule has 0 radical (unpaired) electrons. The lowest BCUT2D eigenvalue weighted by atomic mass is 10.3. The van der Waals surface area contributed by atoms with Gasteiger partial charge in [0.2, 0.25) is 0 Å². The number of hydrogen-bond donors (Lipinski definition) is 0. The van der Waals surface area contributed by atoms with E-state index in [-0.39, 0.29) is 6.10 Å². The van der Waals surface area contributed by atoms with Crippen molar-refractivity contribution in [2.24, 2.45) is 0 Å². The summed E-state index contributed by atoms with van der Waals surface area (Å²) in [5, 5.41) is 0. The molecule has 0 amide bonds. The lowest BCUT2D eigenvalue weighted by molar-refractivity contribution is 0.338. The van der Waals surface area contributed by atoms with Gasteiger partial charge in [0.25, 0.3) is 0 Å². The Bertz CT molecular complexity index is 254. The van der Waals surface area contributed by atoms with Crippen molar-refractivity contribution in [1.29, 1.82) is 0 Å². The first kappa shape index (κ1) is 7.55. The second-order valence-electron chi connectivity index (χ2n) is 2.67. The second-order valence-corrected chi connectivity index (χ2v) is 2.67. The van der Waals surface area contributed by atoms with E-state index in [0.29, 0.717) is 6.61 Å². The summed E-state index contributed by atoms with van der Waals surface area (Å²) in [5.41, 5.74) is 0.999. The molecule has 1 aliphatic heterocycles. The molecule has 12 heavy (non-hydrogen) atoms. The highest BCUT2D eigenvalue weighted by atomic mass is 16.6. The molecule has 1 unspecified atom stereocenters. The van der Waals surface area contributed by atoms with Crippen molar-refractivity contribution in [3.05, 3.63) is 24.0 Å². The van der Waals surface area contributed by atoms with Crippen molar-refractivity contribution in [2.75, 3.05) is 13.2 Å². The fraction of sp³-hybridized carbons (Fsp3) is 0.444. The predicted octanol–water partition coefficient (Wildman–Crippen LogP) is 1.55. The number of epoxide rings is 1. The Hall–Kier alpha value is -1.09. The molecule has 1 aromatic heterocycles. The summed E-state index contributed by atoms with van der Waals surface area (Å²) < 4.78 is 10.3. The quantitative estimate of drug-likeness (QED) is 0.637. The van der Waals surface area contributed by atoms with Gasteiger partial charge < -0.3 is 9.47 Å². The fourth-order valence-electron chi connectivity index (χ4n) is 1.05. The first-order valence-corrected chi connectivity index (χ1v) is 4.10. The molecular formula is C9H11NO2. The van der Waals surface area contributed by atoms with E-state index in [2.05, 4.69) is 4.98 Å². The summed E-state index contributed by atoms with van der Waals surface area (Å²) in [6, 6.07) is 3.87. The molecule has 0 aliphatic carbocycles. The van der Waals surface area contributed by atoms with Crippen LogP contribution in [0.3, 0.4) is 0 Å². The molecule has 1 saturated heterocycles. The average molecular weight is 165 g/mol. The Labute approximate surface area is 71.3 Å². The molecule has 0 saturated carbocycles. The molecule has 0 spiro atoms. The summed E-state index contributed by atoms with van der Waals surface area (Å²) in [6.07, 6.45) is 1.97. The lowest BCUT2D eigenvalue weighted by Crippen LogP contribution is -1.93. The molecule has 1 atom stereocenters. The number of nitrogens with zero attached hydrogens (tertiary/aromatic N) is 1. The number of rotatable bonds is 3. The topological polar surface area (TPSA) is 34.6 Å². The summed E-state index contributed by atoms with van der Waals surface area (Å²) in [7, 11) is 0. The van der Waals surface area contributed by atoms with Gasteiger partial charge in [-0.3, -0.25) is 4.98 Å². The zero-order chi connectivity index (χ0) is 8.39. The number of aromatic nitrogens is 1. The van der Waals surface area contributed by atoms with E-state index >= 15 is 0 Å². The van der Waals surface area contributed by atoms with Crippen molar-refractivity contribution in [1.82, 2.24) is 4.98 Å². The van der Waals surface area contributed by atoms with Crippen molar-refractivity contribution >= 4 is 0 Å². The van der Waals surface area contributed by atoms with Gasteiger partial charge in [0, 0.05) is 0 Å². The summed E-state index contributed by atoms with van der Waals surface area (Å²) in [6.45, 7) is 3.44. The molecule has 0 bridgehead atoms. The molecule has 3 nitrogen and oxygen atoms in total. The maximum absolute atomic E-state index is 5.26. The van der Waals surface area contributed by atoms with Gasteiger partial charge in [-0.25, -0.2) is 0 Å². The van der Waals surface area contributed by atoms with Crippen LogP contribution < -0.4 is 4.74 Å². The minimum absolute atomic E-state index is 0.237. The van der Waals surface area contributed by atoms with Crippen LogP contribution in [0.2, 0.25) is 0 Å². The standard InChI is InChI=1S/C9H11NO2/c1-2-11-7-3-4-8(10-5-7)9-6-12-9/h3-5,9H,2,6H2,1H3. The Morgan fingerprint density at radius 1 is 1.67 bits per heavy atom. The van der Waals surface area contributed by atoms with Gasteiger partial charge >= 0.3 is 0 Å². The molecule has 1 aliphatic rings. The zero-order valence-corrected chi connectivity index (χ0v) is 6.99. The Morgan fingerprint density at radius 2 is 2.50 bits per heavy atom. The van der Waals surface area contributed by atoms with Crippen LogP contribution in [0.4, 0.5) is 0 Å². The van der Waals surface area contributed by atoms with Gasteiger partial charge in [0.05, 0.1) is 25.1 Å². The van der Waals surface area contributed by atoms with E-state index in [1.54, 1.807) is 6.20 Å². The zero-order valence-electron chi connectivity index (χ0n) is 6.99. The first-order chi connectivity index (χ1) is 5.90. The summed E-state index contributed by atoms with van der Waals surface area (Å²) in [4.78, 5) is 4.21. The van der Waals surface area contributed by atoms with Crippen molar-refractivity contribution in [2.45, 2.75) is 13.0 Å². The predicted molar refractivity (Wildman–Crippen MR) is 44.1 cm³/mol. The molecule has 0 N–H and O–H groups in total. The number of hydrogen-bond acceptors (Lipinski definition) is 3. The van der Waals surface area contributed by atoms with Gasteiger partial charge in [-0.1, -0.05) is 0 Å². The van der Waals surface area contributed by atoms with Gasteiger partial charge in [0.15, 0.2) is 0 Å². The highest BCUT2D eigenvalue weighted by molar-refractivity contribution is 5.22. The minimum Gasteiger partial charge on any atom is -0.492 e. The Balaban J connectivity index is 2.08. The molecule has 2 rings (SSSR count). The highest BCUT2D eigenvalue weighted by Crippen LogP contribution is 2.28. The third kappa shape index (κ3) is 1.56. The minimum atomic E-state index is 0.237. The third-order valence-corrected chi connectivity index (χ3v) is 1.73. The average Bonchev–Trinajstić information content (AvgIpc) is 2.89. The van der Waals surface area contributed by atoms with Crippen molar-refractivity contribution in [3.8, 4) is 5.75 Å². The fourth-order valence-corrected chi connectivity index (χ4v) is 1.05. The molecule has 3 heteroatoms. The van der Waals surface area contributed by atoms with Crippen LogP contribution in [0.25, 0.3) is 0 Å². The van der Waals surface area contributed by atoms with E-state index in [0.717, 1.165) is 18.1 Å². The molecule has 2 heterocycles. The van der Waals surface area contributed by atoms with E-state index < -0.39 is 0 Å².